The van der Waals surface area contributed by atoms with Gasteiger partial charge >= 0.3 is 6.18 Å². The van der Waals surface area contributed by atoms with E-state index in [-0.39, 0.29) is 6.42 Å². The summed E-state index contributed by atoms with van der Waals surface area (Å²) in [5.41, 5.74) is -0.514. The molecule has 0 aliphatic heterocycles. The average molecular weight is 242 g/mol. The fraction of sp³-hybridized carbons (Fsp3) is 0.429. The molecule has 3 heteroatoms. The standard InChI is InChI=1S/C14H17F3/c1-4-10-13(3,14(15,16)17)12-8-6-11(5-2)7-9-12/h4,6-9H,1,5,10H2,2-3H3. The fourth-order valence-electron chi connectivity index (χ4n) is 1.79. The summed E-state index contributed by atoms with van der Waals surface area (Å²) in [6.07, 6.45) is -2.23. The van der Waals surface area contributed by atoms with E-state index in [1.807, 2.05) is 6.92 Å². The van der Waals surface area contributed by atoms with Crippen molar-refractivity contribution in [3.05, 3.63) is 48.0 Å². The molecule has 0 aliphatic carbocycles. The van der Waals surface area contributed by atoms with Crippen LogP contribution in [0.4, 0.5) is 13.2 Å². The molecule has 1 unspecified atom stereocenters. The van der Waals surface area contributed by atoms with E-state index in [0.29, 0.717) is 5.56 Å². The van der Waals surface area contributed by atoms with Crippen molar-refractivity contribution in [2.45, 2.75) is 38.3 Å². The van der Waals surface area contributed by atoms with Crippen molar-refractivity contribution in [1.82, 2.24) is 0 Å². The molecule has 0 heterocycles. The van der Waals surface area contributed by atoms with E-state index in [1.165, 1.54) is 13.0 Å². The van der Waals surface area contributed by atoms with Crippen LogP contribution in [-0.4, -0.2) is 6.18 Å². The van der Waals surface area contributed by atoms with Gasteiger partial charge < -0.3 is 0 Å². The van der Waals surface area contributed by atoms with Crippen molar-refractivity contribution in [2.75, 3.05) is 0 Å². The van der Waals surface area contributed by atoms with E-state index in [0.717, 1.165) is 12.0 Å². The molecule has 0 aromatic heterocycles. The molecule has 1 aromatic rings. The largest absolute Gasteiger partial charge is 0.398 e. The lowest BCUT2D eigenvalue weighted by Crippen LogP contribution is -2.39. The molecule has 0 saturated heterocycles. The van der Waals surface area contributed by atoms with Crippen LogP contribution in [-0.2, 0) is 11.8 Å². The van der Waals surface area contributed by atoms with Crippen LogP contribution in [0.3, 0.4) is 0 Å². The SMILES string of the molecule is C=CCC(C)(c1ccc(CC)cc1)C(F)(F)F. The van der Waals surface area contributed by atoms with Crippen LogP contribution in [0.15, 0.2) is 36.9 Å². The predicted octanol–water partition coefficient (Wildman–Crippen LogP) is 4.65. The van der Waals surface area contributed by atoms with E-state index >= 15 is 0 Å². The van der Waals surface area contributed by atoms with Crippen molar-refractivity contribution in [2.24, 2.45) is 0 Å². The topological polar surface area (TPSA) is 0 Å². The smallest absolute Gasteiger partial charge is 0.170 e. The quantitative estimate of drug-likeness (QED) is 0.674. The van der Waals surface area contributed by atoms with E-state index in [2.05, 4.69) is 6.58 Å². The maximum Gasteiger partial charge on any atom is 0.398 e. The predicted molar refractivity (Wildman–Crippen MR) is 64.0 cm³/mol. The summed E-state index contributed by atoms with van der Waals surface area (Å²) in [5, 5.41) is 0. The molecule has 1 atom stereocenters. The molecule has 1 aromatic carbocycles. The molecule has 0 nitrogen and oxygen atoms in total. The molecule has 0 saturated carbocycles. The van der Waals surface area contributed by atoms with Crippen molar-refractivity contribution in [3.63, 3.8) is 0 Å². The van der Waals surface area contributed by atoms with Gasteiger partial charge in [-0.05, 0) is 30.9 Å². The normalized spacial score (nSPS) is 15.4. The molecular weight excluding hydrogens is 225 g/mol. The Morgan fingerprint density at radius 1 is 1.18 bits per heavy atom. The van der Waals surface area contributed by atoms with Crippen molar-refractivity contribution >= 4 is 0 Å². The number of allylic oxidation sites excluding steroid dienone is 1. The number of aryl methyl sites for hydroxylation is 1. The number of rotatable bonds is 4. The fourth-order valence-corrected chi connectivity index (χ4v) is 1.79. The average Bonchev–Trinajstić information content (AvgIpc) is 2.28. The Hall–Kier alpha value is -1.25. The minimum atomic E-state index is -4.27. The zero-order chi connectivity index (χ0) is 13.1. The molecule has 17 heavy (non-hydrogen) atoms. The van der Waals surface area contributed by atoms with Crippen LogP contribution < -0.4 is 0 Å². The van der Waals surface area contributed by atoms with Gasteiger partial charge in [0.15, 0.2) is 0 Å². The number of alkyl halides is 3. The third-order valence-electron chi connectivity index (χ3n) is 3.18. The lowest BCUT2D eigenvalue weighted by atomic mass is 9.78. The molecule has 0 N–H and O–H groups in total. The number of hydrogen-bond donors (Lipinski definition) is 0. The van der Waals surface area contributed by atoms with Gasteiger partial charge in [0.1, 0.15) is 0 Å². The van der Waals surface area contributed by atoms with E-state index in [1.54, 1.807) is 24.3 Å². The van der Waals surface area contributed by atoms with Crippen molar-refractivity contribution in [1.29, 1.82) is 0 Å². The van der Waals surface area contributed by atoms with Crippen molar-refractivity contribution in [3.8, 4) is 0 Å². The second-order valence-corrected chi connectivity index (χ2v) is 4.37. The zero-order valence-corrected chi connectivity index (χ0v) is 10.1. The molecule has 0 fully saturated rings. The first-order valence-corrected chi connectivity index (χ1v) is 5.62. The number of benzene rings is 1. The minimum Gasteiger partial charge on any atom is -0.170 e. The van der Waals surface area contributed by atoms with Gasteiger partial charge in [0.25, 0.3) is 0 Å². The van der Waals surface area contributed by atoms with Gasteiger partial charge in [0, 0.05) is 0 Å². The second-order valence-electron chi connectivity index (χ2n) is 4.37. The van der Waals surface area contributed by atoms with Gasteiger partial charge in [-0.2, -0.15) is 13.2 Å². The van der Waals surface area contributed by atoms with Gasteiger partial charge in [-0.15, -0.1) is 6.58 Å². The van der Waals surface area contributed by atoms with E-state index < -0.39 is 11.6 Å². The lowest BCUT2D eigenvalue weighted by Gasteiger charge is -2.31. The highest BCUT2D eigenvalue weighted by Gasteiger charge is 2.51. The number of hydrogen-bond acceptors (Lipinski definition) is 0. The van der Waals surface area contributed by atoms with Crippen LogP contribution >= 0.6 is 0 Å². The third-order valence-corrected chi connectivity index (χ3v) is 3.18. The van der Waals surface area contributed by atoms with Crippen molar-refractivity contribution < 1.29 is 13.2 Å². The Morgan fingerprint density at radius 3 is 2.06 bits per heavy atom. The Balaban J connectivity index is 3.18. The lowest BCUT2D eigenvalue weighted by molar-refractivity contribution is -0.184. The summed E-state index contributed by atoms with van der Waals surface area (Å²) < 4.78 is 39.3. The summed E-state index contributed by atoms with van der Waals surface area (Å²) in [6.45, 7) is 6.61. The van der Waals surface area contributed by atoms with Gasteiger partial charge in [-0.1, -0.05) is 37.3 Å². The highest BCUT2D eigenvalue weighted by Crippen LogP contribution is 2.43. The summed E-state index contributed by atoms with van der Waals surface area (Å²) >= 11 is 0. The Bertz CT molecular complexity index is 375. The van der Waals surface area contributed by atoms with Crippen LogP contribution in [0.2, 0.25) is 0 Å². The first-order valence-electron chi connectivity index (χ1n) is 5.62. The van der Waals surface area contributed by atoms with Crippen LogP contribution in [0.1, 0.15) is 31.4 Å². The molecule has 94 valence electrons. The monoisotopic (exact) mass is 242 g/mol. The molecule has 0 bridgehead atoms. The van der Waals surface area contributed by atoms with Crippen LogP contribution in [0, 0.1) is 0 Å². The highest BCUT2D eigenvalue weighted by molar-refractivity contribution is 5.31. The van der Waals surface area contributed by atoms with Crippen LogP contribution in [0.5, 0.6) is 0 Å². The van der Waals surface area contributed by atoms with Gasteiger partial charge in [0.05, 0.1) is 5.41 Å². The first kappa shape index (κ1) is 13.8. The summed E-state index contributed by atoms with van der Waals surface area (Å²) in [5.74, 6) is 0. The number of halogens is 3. The summed E-state index contributed by atoms with van der Waals surface area (Å²) in [6, 6.07) is 6.64. The molecule has 0 amide bonds. The Kier molecular flexibility index (Phi) is 4.02. The highest BCUT2D eigenvalue weighted by atomic mass is 19.4. The first-order chi connectivity index (χ1) is 7.85. The second kappa shape index (κ2) is 4.94. The van der Waals surface area contributed by atoms with Gasteiger partial charge in [0.2, 0.25) is 0 Å². The van der Waals surface area contributed by atoms with Crippen LogP contribution in [0.25, 0.3) is 0 Å². The summed E-state index contributed by atoms with van der Waals surface area (Å²) in [4.78, 5) is 0. The molecular formula is C14H17F3. The Morgan fingerprint density at radius 2 is 1.71 bits per heavy atom. The zero-order valence-electron chi connectivity index (χ0n) is 10.1. The van der Waals surface area contributed by atoms with E-state index in [4.69, 9.17) is 0 Å². The maximum atomic E-state index is 13.1. The molecule has 0 spiro atoms. The molecule has 1 rings (SSSR count). The van der Waals surface area contributed by atoms with Gasteiger partial charge in [-0.25, -0.2) is 0 Å². The molecule has 0 radical (unpaired) electrons. The van der Waals surface area contributed by atoms with Gasteiger partial charge in [-0.3, -0.25) is 0 Å². The minimum absolute atomic E-state index is 0.109. The summed E-state index contributed by atoms with van der Waals surface area (Å²) in [7, 11) is 0. The van der Waals surface area contributed by atoms with E-state index in [9.17, 15) is 13.2 Å². The Labute approximate surface area is 100 Å². The molecule has 0 aliphatic rings. The third kappa shape index (κ3) is 2.71. The maximum absolute atomic E-state index is 13.1.